The van der Waals surface area contributed by atoms with Gasteiger partial charge in [0.1, 0.15) is 15.7 Å². The number of anilines is 1. The molecule has 0 fully saturated rings. The number of hydrogen-bond donors (Lipinski definition) is 0. The average molecular weight is 419 g/mol. The van der Waals surface area contributed by atoms with Crippen molar-refractivity contribution in [2.75, 3.05) is 16.9 Å². The minimum atomic E-state index is -3.25. The molecule has 0 aliphatic carbocycles. The SMILES string of the molecule is CS(=O)(=O)CCC(=O)N(Cc1ccccc1)c1nc(-c2ccc(F)cc2)cs1. The van der Waals surface area contributed by atoms with Gasteiger partial charge in [-0.25, -0.2) is 17.8 Å². The van der Waals surface area contributed by atoms with Gasteiger partial charge in [0.2, 0.25) is 5.91 Å². The monoisotopic (exact) mass is 418 g/mol. The highest BCUT2D eigenvalue weighted by Gasteiger charge is 2.21. The summed E-state index contributed by atoms with van der Waals surface area (Å²) in [5.74, 6) is -0.858. The van der Waals surface area contributed by atoms with E-state index in [-0.39, 0.29) is 23.9 Å². The maximum absolute atomic E-state index is 13.1. The minimum absolute atomic E-state index is 0.114. The van der Waals surface area contributed by atoms with Crippen LogP contribution in [0.25, 0.3) is 11.3 Å². The predicted octanol–water partition coefficient (Wildman–Crippen LogP) is 3.92. The number of hydrogen-bond acceptors (Lipinski definition) is 5. The van der Waals surface area contributed by atoms with Crippen LogP contribution in [0, 0.1) is 5.82 Å². The molecule has 1 aromatic heterocycles. The van der Waals surface area contributed by atoms with Crippen LogP contribution in [-0.2, 0) is 21.2 Å². The summed E-state index contributed by atoms with van der Waals surface area (Å²) >= 11 is 1.29. The van der Waals surface area contributed by atoms with Crippen LogP contribution in [0.5, 0.6) is 0 Å². The molecule has 5 nitrogen and oxygen atoms in total. The van der Waals surface area contributed by atoms with Crippen molar-refractivity contribution < 1.29 is 17.6 Å². The second kappa shape index (κ2) is 8.62. The van der Waals surface area contributed by atoms with Gasteiger partial charge in [-0.15, -0.1) is 11.3 Å². The first-order valence-electron chi connectivity index (χ1n) is 8.55. The Hall–Kier alpha value is -2.58. The van der Waals surface area contributed by atoms with Crippen LogP contribution in [-0.4, -0.2) is 31.3 Å². The van der Waals surface area contributed by atoms with E-state index in [1.807, 2.05) is 30.3 Å². The molecule has 0 N–H and O–H groups in total. The van der Waals surface area contributed by atoms with E-state index in [9.17, 15) is 17.6 Å². The summed E-state index contributed by atoms with van der Waals surface area (Å²) in [6.07, 6.45) is 0.995. The van der Waals surface area contributed by atoms with Gasteiger partial charge in [-0.2, -0.15) is 0 Å². The fourth-order valence-corrected chi connectivity index (χ4v) is 3.97. The van der Waals surface area contributed by atoms with E-state index in [1.165, 1.54) is 28.4 Å². The fraction of sp³-hybridized carbons (Fsp3) is 0.200. The molecule has 0 aliphatic rings. The number of amides is 1. The number of benzene rings is 2. The van der Waals surface area contributed by atoms with Crippen molar-refractivity contribution in [3.05, 3.63) is 71.4 Å². The standard InChI is InChI=1S/C20H19FN2O3S2/c1-28(25,26)12-11-19(24)23(13-15-5-3-2-4-6-15)20-22-18(14-27-20)16-7-9-17(21)10-8-16/h2-10,14H,11-13H2,1H3. The van der Waals surface area contributed by atoms with Crippen LogP contribution in [0.1, 0.15) is 12.0 Å². The number of rotatable bonds is 7. The summed E-state index contributed by atoms with van der Waals surface area (Å²) < 4.78 is 36.1. The second-order valence-electron chi connectivity index (χ2n) is 6.37. The number of aromatic nitrogens is 1. The summed E-state index contributed by atoms with van der Waals surface area (Å²) in [5.41, 5.74) is 2.29. The van der Waals surface area contributed by atoms with E-state index < -0.39 is 9.84 Å². The van der Waals surface area contributed by atoms with E-state index in [0.29, 0.717) is 17.4 Å². The maximum Gasteiger partial charge on any atom is 0.230 e. The Balaban J connectivity index is 1.87. The van der Waals surface area contributed by atoms with Crippen molar-refractivity contribution in [2.24, 2.45) is 0 Å². The number of thiazole rings is 1. The first-order valence-corrected chi connectivity index (χ1v) is 11.5. The summed E-state index contributed by atoms with van der Waals surface area (Å²) in [6.45, 7) is 0.291. The van der Waals surface area contributed by atoms with Gasteiger partial charge < -0.3 is 0 Å². The number of carbonyl (C=O) groups excluding carboxylic acids is 1. The lowest BCUT2D eigenvalue weighted by Gasteiger charge is -2.20. The average Bonchev–Trinajstić information content (AvgIpc) is 3.15. The quantitative estimate of drug-likeness (QED) is 0.583. The van der Waals surface area contributed by atoms with Gasteiger partial charge in [0.05, 0.1) is 18.0 Å². The molecule has 8 heteroatoms. The van der Waals surface area contributed by atoms with Gasteiger partial charge in [-0.3, -0.25) is 9.69 Å². The predicted molar refractivity (Wildman–Crippen MR) is 109 cm³/mol. The van der Waals surface area contributed by atoms with Crippen LogP contribution in [0.4, 0.5) is 9.52 Å². The van der Waals surface area contributed by atoms with Gasteiger partial charge in [0, 0.05) is 23.6 Å². The molecule has 0 unspecified atom stereocenters. The number of carbonyl (C=O) groups is 1. The topological polar surface area (TPSA) is 67.3 Å². The second-order valence-corrected chi connectivity index (χ2v) is 9.46. The molecule has 0 radical (unpaired) electrons. The zero-order valence-electron chi connectivity index (χ0n) is 15.2. The van der Waals surface area contributed by atoms with Crippen LogP contribution in [0.15, 0.2) is 60.0 Å². The van der Waals surface area contributed by atoms with Crippen LogP contribution in [0.3, 0.4) is 0 Å². The van der Waals surface area contributed by atoms with Crippen LogP contribution >= 0.6 is 11.3 Å². The summed E-state index contributed by atoms with van der Waals surface area (Å²) in [6, 6.07) is 15.4. The van der Waals surface area contributed by atoms with Gasteiger partial charge >= 0.3 is 0 Å². The van der Waals surface area contributed by atoms with Crippen molar-refractivity contribution in [1.82, 2.24) is 4.98 Å². The van der Waals surface area contributed by atoms with Crippen molar-refractivity contribution in [3.8, 4) is 11.3 Å². The van der Waals surface area contributed by atoms with Crippen molar-refractivity contribution in [3.63, 3.8) is 0 Å². The summed E-state index contributed by atoms with van der Waals surface area (Å²) in [4.78, 5) is 18.8. The van der Waals surface area contributed by atoms with E-state index in [1.54, 1.807) is 17.5 Å². The highest BCUT2D eigenvalue weighted by Crippen LogP contribution is 2.29. The van der Waals surface area contributed by atoms with Crippen LogP contribution in [0.2, 0.25) is 0 Å². The normalized spacial score (nSPS) is 11.4. The van der Waals surface area contributed by atoms with E-state index in [0.717, 1.165) is 17.4 Å². The Morgan fingerprint density at radius 3 is 2.43 bits per heavy atom. The fourth-order valence-electron chi connectivity index (χ4n) is 2.58. The molecular weight excluding hydrogens is 399 g/mol. The molecule has 1 heterocycles. The van der Waals surface area contributed by atoms with Crippen molar-refractivity contribution in [2.45, 2.75) is 13.0 Å². The molecule has 0 atom stereocenters. The zero-order chi connectivity index (χ0) is 20.1. The molecule has 0 saturated carbocycles. The molecule has 3 rings (SSSR count). The smallest absolute Gasteiger partial charge is 0.230 e. The first-order chi connectivity index (χ1) is 13.3. The zero-order valence-corrected chi connectivity index (χ0v) is 16.8. The maximum atomic E-state index is 13.1. The Morgan fingerprint density at radius 1 is 1.11 bits per heavy atom. The Labute approximate surface area is 167 Å². The molecule has 3 aromatic rings. The van der Waals surface area contributed by atoms with Crippen LogP contribution < -0.4 is 4.90 Å². The summed E-state index contributed by atoms with van der Waals surface area (Å²) in [5, 5.41) is 2.27. The number of halogens is 1. The molecule has 1 amide bonds. The van der Waals surface area contributed by atoms with E-state index >= 15 is 0 Å². The molecular formula is C20H19FN2O3S2. The van der Waals surface area contributed by atoms with E-state index in [4.69, 9.17) is 0 Å². The first kappa shape index (κ1) is 20.2. The largest absolute Gasteiger partial charge is 0.284 e. The Morgan fingerprint density at radius 2 is 1.79 bits per heavy atom. The third-order valence-corrected chi connectivity index (χ3v) is 5.84. The van der Waals surface area contributed by atoms with Gasteiger partial charge in [0.25, 0.3) is 0 Å². The third-order valence-electron chi connectivity index (χ3n) is 4.03. The molecule has 0 bridgehead atoms. The van der Waals surface area contributed by atoms with Crippen molar-refractivity contribution >= 4 is 32.2 Å². The Bertz CT molecular complexity index is 1050. The summed E-state index contributed by atoms with van der Waals surface area (Å²) in [7, 11) is -3.25. The molecule has 0 aliphatic heterocycles. The number of nitrogens with zero attached hydrogens (tertiary/aromatic N) is 2. The molecule has 146 valence electrons. The third kappa shape index (κ3) is 5.46. The number of sulfone groups is 1. The molecule has 28 heavy (non-hydrogen) atoms. The molecule has 0 saturated heterocycles. The highest BCUT2D eigenvalue weighted by atomic mass is 32.2. The van der Waals surface area contributed by atoms with Gasteiger partial charge in [-0.1, -0.05) is 30.3 Å². The highest BCUT2D eigenvalue weighted by molar-refractivity contribution is 7.90. The molecule has 2 aromatic carbocycles. The van der Waals surface area contributed by atoms with Crippen molar-refractivity contribution in [1.29, 1.82) is 0 Å². The lowest BCUT2D eigenvalue weighted by molar-refractivity contribution is -0.118. The lowest BCUT2D eigenvalue weighted by Crippen LogP contribution is -2.31. The van der Waals surface area contributed by atoms with Gasteiger partial charge in [-0.05, 0) is 29.8 Å². The van der Waals surface area contributed by atoms with E-state index in [2.05, 4.69) is 4.98 Å². The van der Waals surface area contributed by atoms with Gasteiger partial charge in [0.15, 0.2) is 5.13 Å². The minimum Gasteiger partial charge on any atom is -0.284 e. The molecule has 0 spiro atoms. The Kier molecular flexibility index (Phi) is 6.21. The lowest BCUT2D eigenvalue weighted by atomic mass is 10.2.